The Labute approximate surface area is 202 Å². The topological polar surface area (TPSA) is 119 Å². The lowest BCUT2D eigenvalue weighted by Gasteiger charge is -2.21. The Morgan fingerprint density at radius 1 is 1.00 bits per heavy atom. The number of amides is 1. The second-order valence-corrected chi connectivity index (χ2v) is 7.34. The van der Waals surface area contributed by atoms with E-state index in [4.69, 9.17) is 4.74 Å². The number of hydrogen-bond donors (Lipinski definition) is 2. The summed E-state index contributed by atoms with van der Waals surface area (Å²) in [5.41, 5.74) is 1.15. The molecule has 0 aliphatic heterocycles. The third-order valence-electron chi connectivity index (χ3n) is 4.99. The summed E-state index contributed by atoms with van der Waals surface area (Å²) >= 11 is 0. The minimum absolute atomic E-state index is 0.0732. The van der Waals surface area contributed by atoms with Gasteiger partial charge in [0.2, 0.25) is 5.88 Å². The first-order valence-corrected chi connectivity index (χ1v) is 10.4. The number of benzene rings is 2. The maximum absolute atomic E-state index is 13.1. The lowest BCUT2D eigenvalue weighted by molar-refractivity contribution is -0.274. The molecule has 2 N–H and O–H groups in total. The van der Waals surface area contributed by atoms with Gasteiger partial charge in [0.05, 0.1) is 13.2 Å². The second kappa shape index (κ2) is 10.3. The van der Waals surface area contributed by atoms with Crippen LogP contribution in [0.3, 0.4) is 0 Å². The summed E-state index contributed by atoms with van der Waals surface area (Å²) in [5, 5.41) is 20.7. The third kappa shape index (κ3) is 5.84. The molecule has 0 fully saturated rings. The smallest absolute Gasteiger partial charge is 0.497 e. The molecular weight excluding hydrogens is 479 g/mol. The number of alkyl halides is 3. The largest absolute Gasteiger partial charge is 0.573 e. The number of methoxy groups -OCH3 is 1. The van der Waals surface area contributed by atoms with Gasteiger partial charge in [-0.3, -0.25) is 4.79 Å². The molecule has 2 aromatic heterocycles. The molecule has 2 heterocycles. The van der Waals surface area contributed by atoms with Crippen molar-refractivity contribution in [2.45, 2.75) is 12.4 Å². The number of rotatable bonds is 7. The molecule has 184 valence electrons. The monoisotopic (exact) mass is 497 g/mol. The van der Waals surface area contributed by atoms with Gasteiger partial charge in [-0.25, -0.2) is 4.98 Å². The van der Waals surface area contributed by atoms with Crippen molar-refractivity contribution in [3.8, 4) is 28.9 Å². The van der Waals surface area contributed by atoms with Crippen LogP contribution in [-0.2, 0) is 0 Å². The molecule has 0 spiro atoms. The summed E-state index contributed by atoms with van der Waals surface area (Å²) in [6.07, 6.45) is -2.22. The van der Waals surface area contributed by atoms with Crippen molar-refractivity contribution < 1.29 is 32.5 Å². The van der Waals surface area contributed by atoms with Crippen molar-refractivity contribution in [3.63, 3.8) is 0 Å². The third-order valence-corrected chi connectivity index (χ3v) is 4.99. The van der Waals surface area contributed by atoms with Crippen LogP contribution in [0.25, 0.3) is 11.5 Å². The summed E-state index contributed by atoms with van der Waals surface area (Å²) in [5.74, 6) is -1.05. The van der Waals surface area contributed by atoms with Crippen LogP contribution in [0.1, 0.15) is 27.5 Å². The maximum Gasteiger partial charge on any atom is 0.573 e. The van der Waals surface area contributed by atoms with Crippen LogP contribution in [-0.4, -0.2) is 44.7 Å². The van der Waals surface area contributed by atoms with Gasteiger partial charge in [-0.2, -0.15) is 10.1 Å². The first kappa shape index (κ1) is 24.4. The summed E-state index contributed by atoms with van der Waals surface area (Å²) in [7, 11) is 1.50. The highest BCUT2D eigenvalue weighted by molar-refractivity contribution is 5.96. The van der Waals surface area contributed by atoms with Crippen LogP contribution in [0.4, 0.5) is 13.2 Å². The van der Waals surface area contributed by atoms with E-state index in [0.717, 1.165) is 18.3 Å². The fraction of sp³-hybridized carbons (Fsp3) is 0.125. The average Bonchev–Trinajstić information content (AvgIpc) is 2.87. The van der Waals surface area contributed by atoms with E-state index in [-0.39, 0.29) is 11.4 Å². The number of carbonyl (C=O) groups is 1. The Morgan fingerprint density at radius 3 is 2.17 bits per heavy atom. The highest BCUT2D eigenvalue weighted by atomic mass is 19.4. The lowest BCUT2D eigenvalue weighted by atomic mass is 9.98. The summed E-state index contributed by atoms with van der Waals surface area (Å²) < 4.78 is 46.7. The summed E-state index contributed by atoms with van der Waals surface area (Å²) in [4.78, 5) is 21.1. The summed E-state index contributed by atoms with van der Waals surface area (Å²) in [6, 6.07) is 14.2. The fourth-order valence-electron chi connectivity index (χ4n) is 3.30. The summed E-state index contributed by atoms with van der Waals surface area (Å²) in [6.45, 7) is 0. The Kier molecular flexibility index (Phi) is 6.95. The molecule has 0 saturated heterocycles. The van der Waals surface area contributed by atoms with Gasteiger partial charge in [0.1, 0.15) is 22.8 Å². The van der Waals surface area contributed by atoms with E-state index >= 15 is 0 Å². The van der Waals surface area contributed by atoms with Gasteiger partial charge in [-0.1, -0.05) is 24.3 Å². The predicted octanol–water partition coefficient (Wildman–Crippen LogP) is 4.07. The SMILES string of the molecule is COc1ccc([C@@H](NC(=O)c2cnc(-c3cccnn3)nc2O)c2ccc(OC(F)(F)F)cc2)cc1. The average molecular weight is 497 g/mol. The molecular formula is C24H18F3N5O4. The van der Waals surface area contributed by atoms with Gasteiger partial charge in [0, 0.05) is 12.4 Å². The molecule has 4 aromatic rings. The highest BCUT2D eigenvalue weighted by Crippen LogP contribution is 2.29. The number of ether oxygens (including phenoxy) is 2. The standard InChI is InChI=1S/C24H18F3N5O4/c1-35-16-8-4-14(5-9-16)20(15-6-10-17(11-7-15)36-24(25,26)27)30-22(33)18-13-28-21(31-23(18)34)19-3-2-12-29-32-19/h2-13,20H,1H3,(H,30,33)(H,28,31,34)/t20-/m1/s1. The lowest BCUT2D eigenvalue weighted by Crippen LogP contribution is -2.29. The zero-order chi connectivity index (χ0) is 25.7. The molecule has 36 heavy (non-hydrogen) atoms. The van der Waals surface area contributed by atoms with E-state index in [1.807, 2.05) is 0 Å². The molecule has 1 amide bonds. The van der Waals surface area contributed by atoms with E-state index in [0.29, 0.717) is 22.6 Å². The van der Waals surface area contributed by atoms with Gasteiger partial charge in [-0.05, 0) is 47.5 Å². The van der Waals surface area contributed by atoms with Gasteiger partial charge in [0.25, 0.3) is 5.91 Å². The van der Waals surface area contributed by atoms with Gasteiger partial charge >= 0.3 is 6.36 Å². The minimum atomic E-state index is -4.83. The van der Waals surface area contributed by atoms with E-state index in [9.17, 15) is 23.1 Å². The molecule has 0 aliphatic rings. The molecule has 1 atom stereocenters. The Hall–Kier alpha value is -4.74. The zero-order valence-electron chi connectivity index (χ0n) is 18.6. The number of nitrogens with one attached hydrogen (secondary N) is 1. The molecule has 0 aliphatic carbocycles. The number of nitrogens with zero attached hydrogens (tertiary/aromatic N) is 4. The van der Waals surface area contributed by atoms with Crippen LogP contribution in [0.15, 0.2) is 73.1 Å². The molecule has 0 unspecified atom stereocenters. The molecule has 0 saturated carbocycles. The first-order chi connectivity index (χ1) is 17.2. The van der Waals surface area contributed by atoms with Crippen LogP contribution in [0.5, 0.6) is 17.4 Å². The molecule has 0 radical (unpaired) electrons. The van der Waals surface area contributed by atoms with Crippen molar-refractivity contribution in [2.75, 3.05) is 7.11 Å². The Balaban J connectivity index is 1.63. The quantitative estimate of drug-likeness (QED) is 0.392. The number of aromatic hydroxyl groups is 1. The van der Waals surface area contributed by atoms with E-state index in [1.54, 1.807) is 36.4 Å². The van der Waals surface area contributed by atoms with Crippen LogP contribution >= 0.6 is 0 Å². The van der Waals surface area contributed by atoms with Crippen molar-refractivity contribution in [2.24, 2.45) is 0 Å². The molecule has 0 bridgehead atoms. The molecule has 4 rings (SSSR count). The van der Waals surface area contributed by atoms with Crippen molar-refractivity contribution >= 4 is 5.91 Å². The van der Waals surface area contributed by atoms with Crippen LogP contribution < -0.4 is 14.8 Å². The number of halogens is 3. The number of hydrogen-bond acceptors (Lipinski definition) is 8. The Bertz CT molecular complexity index is 1330. The molecule has 12 heteroatoms. The second-order valence-electron chi connectivity index (χ2n) is 7.34. The number of carbonyl (C=O) groups excluding carboxylic acids is 1. The Morgan fingerprint density at radius 2 is 1.64 bits per heavy atom. The molecule has 2 aromatic carbocycles. The fourth-order valence-corrected chi connectivity index (χ4v) is 3.30. The van der Waals surface area contributed by atoms with E-state index < -0.39 is 29.9 Å². The zero-order valence-corrected chi connectivity index (χ0v) is 18.6. The highest BCUT2D eigenvalue weighted by Gasteiger charge is 2.31. The van der Waals surface area contributed by atoms with Crippen molar-refractivity contribution in [3.05, 3.63) is 89.7 Å². The van der Waals surface area contributed by atoms with Crippen LogP contribution in [0.2, 0.25) is 0 Å². The molecule has 9 nitrogen and oxygen atoms in total. The van der Waals surface area contributed by atoms with Gasteiger partial charge < -0.3 is 19.9 Å². The van der Waals surface area contributed by atoms with Gasteiger partial charge in [-0.15, -0.1) is 18.3 Å². The van der Waals surface area contributed by atoms with Crippen molar-refractivity contribution in [1.29, 1.82) is 0 Å². The van der Waals surface area contributed by atoms with Gasteiger partial charge in [0.15, 0.2) is 5.82 Å². The first-order valence-electron chi connectivity index (χ1n) is 10.4. The minimum Gasteiger partial charge on any atom is -0.497 e. The van der Waals surface area contributed by atoms with E-state index in [2.05, 4.69) is 30.2 Å². The van der Waals surface area contributed by atoms with E-state index in [1.165, 1.54) is 25.4 Å². The predicted molar refractivity (Wildman–Crippen MR) is 120 cm³/mol. The van der Waals surface area contributed by atoms with Crippen LogP contribution in [0, 0.1) is 0 Å². The normalized spacial score (nSPS) is 12.0. The number of aromatic nitrogens is 4. The maximum atomic E-state index is 13.1. The van der Waals surface area contributed by atoms with Crippen molar-refractivity contribution in [1.82, 2.24) is 25.5 Å².